The highest BCUT2D eigenvalue weighted by Gasteiger charge is 2.23. The Balaban J connectivity index is 1.62. The van der Waals surface area contributed by atoms with Crippen LogP contribution >= 0.6 is 11.8 Å². The molecule has 0 aliphatic heterocycles. The maximum Gasteiger partial charge on any atom is 0.237 e. The number of anilines is 1. The molecule has 0 unspecified atom stereocenters. The van der Waals surface area contributed by atoms with Crippen molar-refractivity contribution in [2.75, 3.05) is 5.32 Å². The molecule has 1 aromatic heterocycles. The summed E-state index contributed by atoms with van der Waals surface area (Å²) in [6.45, 7) is 2.17. The average Bonchev–Trinajstić information content (AvgIpc) is 3.22. The molecule has 164 valence electrons. The zero-order valence-electron chi connectivity index (χ0n) is 17.8. The topological polar surface area (TPSA) is 83.6 Å². The molecule has 0 saturated carbocycles. The highest BCUT2D eigenvalue weighted by Crippen LogP contribution is 2.29. The van der Waals surface area contributed by atoms with Gasteiger partial charge in [-0.3, -0.25) is 9.36 Å². The van der Waals surface area contributed by atoms with Crippen molar-refractivity contribution in [3.63, 3.8) is 0 Å². The van der Waals surface area contributed by atoms with E-state index in [9.17, 15) is 14.4 Å². The van der Waals surface area contributed by atoms with Gasteiger partial charge in [0.1, 0.15) is 11.9 Å². The van der Waals surface area contributed by atoms with Gasteiger partial charge in [0, 0.05) is 0 Å². The summed E-state index contributed by atoms with van der Waals surface area (Å²) < 4.78 is 16.3. The molecule has 1 amide bonds. The number of nitriles is 1. The Morgan fingerprint density at radius 1 is 1.06 bits per heavy atom. The van der Waals surface area contributed by atoms with Crippen LogP contribution in [0.3, 0.4) is 0 Å². The third kappa shape index (κ3) is 5.10. The smallest absolute Gasteiger partial charge is 0.237 e. The first-order valence-corrected chi connectivity index (χ1v) is 11.1. The standard InChI is InChI=1S/C25H20FN5OS/c1-17(24(32)28-22-14-8-5-11-19(22)15-27)33-25-30-29-23(20-12-6-7-13-21(20)26)31(25)16-18-9-3-2-4-10-18/h2-14,17H,16H2,1H3,(H,28,32)/t17-/m1/s1. The van der Waals surface area contributed by atoms with E-state index in [1.165, 1.54) is 17.8 Å². The fourth-order valence-electron chi connectivity index (χ4n) is 3.26. The van der Waals surface area contributed by atoms with Gasteiger partial charge in [-0.15, -0.1) is 10.2 Å². The number of thioether (sulfide) groups is 1. The van der Waals surface area contributed by atoms with Crippen LogP contribution in [-0.2, 0) is 11.3 Å². The number of nitrogens with one attached hydrogen (secondary N) is 1. The van der Waals surface area contributed by atoms with E-state index >= 15 is 0 Å². The van der Waals surface area contributed by atoms with E-state index in [2.05, 4.69) is 21.6 Å². The van der Waals surface area contributed by atoms with Crippen molar-refractivity contribution in [2.45, 2.75) is 23.9 Å². The molecule has 6 nitrogen and oxygen atoms in total. The van der Waals surface area contributed by atoms with Crippen molar-refractivity contribution in [3.8, 4) is 17.5 Å². The molecule has 0 fully saturated rings. The second-order valence-electron chi connectivity index (χ2n) is 7.26. The molecular formula is C25H20FN5OS. The highest BCUT2D eigenvalue weighted by atomic mass is 32.2. The molecule has 0 aliphatic carbocycles. The minimum absolute atomic E-state index is 0.274. The van der Waals surface area contributed by atoms with Crippen LogP contribution in [-0.4, -0.2) is 25.9 Å². The summed E-state index contributed by atoms with van der Waals surface area (Å²) in [6.07, 6.45) is 0. The zero-order chi connectivity index (χ0) is 23.2. The number of aromatic nitrogens is 3. The predicted octanol–water partition coefficient (Wildman–Crippen LogP) is 5.12. The number of benzene rings is 3. The van der Waals surface area contributed by atoms with Gasteiger partial charge in [-0.2, -0.15) is 5.26 Å². The van der Waals surface area contributed by atoms with Crippen LogP contribution in [0, 0.1) is 17.1 Å². The predicted molar refractivity (Wildman–Crippen MR) is 126 cm³/mol. The lowest BCUT2D eigenvalue weighted by Gasteiger charge is -2.14. The molecule has 33 heavy (non-hydrogen) atoms. The fraction of sp³-hybridized carbons (Fsp3) is 0.120. The molecule has 0 radical (unpaired) electrons. The summed E-state index contributed by atoms with van der Waals surface area (Å²) in [5.41, 5.74) is 2.18. The number of nitrogens with zero attached hydrogens (tertiary/aromatic N) is 4. The van der Waals surface area contributed by atoms with Crippen LogP contribution < -0.4 is 5.32 Å². The first-order valence-electron chi connectivity index (χ1n) is 10.3. The Hall–Kier alpha value is -3.96. The lowest BCUT2D eigenvalue weighted by molar-refractivity contribution is -0.115. The molecule has 0 spiro atoms. The summed E-state index contributed by atoms with van der Waals surface area (Å²) in [7, 11) is 0. The number of carbonyl (C=O) groups excluding carboxylic acids is 1. The van der Waals surface area contributed by atoms with Crippen molar-refractivity contribution >= 4 is 23.4 Å². The van der Waals surface area contributed by atoms with E-state index in [-0.39, 0.29) is 5.91 Å². The van der Waals surface area contributed by atoms with E-state index in [4.69, 9.17) is 0 Å². The first kappa shape index (κ1) is 22.2. The summed E-state index contributed by atoms with van der Waals surface area (Å²) in [5.74, 6) is -0.277. The van der Waals surface area contributed by atoms with Crippen molar-refractivity contribution in [1.82, 2.24) is 14.8 Å². The minimum atomic E-state index is -0.538. The summed E-state index contributed by atoms with van der Waals surface area (Å²) in [6, 6.07) is 25.0. The van der Waals surface area contributed by atoms with Crippen molar-refractivity contribution in [3.05, 3.63) is 95.8 Å². The average molecular weight is 458 g/mol. The van der Waals surface area contributed by atoms with Gasteiger partial charge in [-0.1, -0.05) is 66.4 Å². The maximum atomic E-state index is 14.5. The third-order valence-corrected chi connectivity index (χ3v) is 6.05. The molecule has 8 heteroatoms. The van der Waals surface area contributed by atoms with E-state index in [0.717, 1.165) is 5.56 Å². The number of amides is 1. The van der Waals surface area contributed by atoms with E-state index < -0.39 is 11.1 Å². The quantitative estimate of drug-likeness (QED) is 0.389. The van der Waals surface area contributed by atoms with Crippen LogP contribution in [0.25, 0.3) is 11.4 Å². The second-order valence-corrected chi connectivity index (χ2v) is 8.57. The number of hydrogen-bond donors (Lipinski definition) is 1. The van der Waals surface area contributed by atoms with Crippen LogP contribution in [0.1, 0.15) is 18.1 Å². The summed E-state index contributed by atoms with van der Waals surface area (Å²) in [4.78, 5) is 12.8. The van der Waals surface area contributed by atoms with Gasteiger partial charge in [0.2, 0.25) is 5.91 Å². The fourth-order valence-corrected chi connectivity index (χ4v) is 4.11. The Bertz CT molecular complexity index is 1320. The molecule has 3 aromatic carbocycles. The SMILES string of the molecule is C[C@@H](Sc1nnc(-c2ccccc2F)n1Cc1ccccc1)C(=O)Nc1ccccc1C#N. The lowest BCUT2D eigenvalue weighted by Crippen LogP contribution is -2.23. The molecule has 4 aromatic rings. The van der Waals surface area contributed by atoms with Crippen LogP contribution in [0.2, 0.25) is 0 Å². The molecular weight excluding hydrogens is 437 g/mol. The Kier molecular flexibility index (Phi) is 6.81. The number of hydrogen-bond acceptors (Lipinski definition) is 5. The monoisotopic (exact) mass is 457 g/mol. The first-order chi connectivity index (χ1) is 16.1. The van der Waals surface area contributed by atoms with Crippen LogP contribution in [0.15, 0.2) is 84.0 Å². The third-order valence-electron chi connectivity index (χ3n) is 4.97. The van der Waals surface area contributed by atoms with Gasteiger partial charge in [0.05, 0.1) is 28.6 Å². The maximum absolute atomic E-state index is 14.5. The number of carbonyl (C=O) groups is 1. The number of halogens is 1. The van der Waals surface area contributed by atoms with Crippen molar-refractivity contribution in [1.29, 1.82) is 5.26 Å². The largest absolute Gasteiger partial charge is 0.324 e. The normalized spacial score (nSPS) is 11.5. The highest BCUT2D eigenvalue weighted by molar-refractivity contribution is 8.00. The molecule has 1 heterocycles. The second kappa shape index (κ2) is 10.1. The van der Waals surface area contributed by atoms with Gasteiger partial charge in [-0.05, 0) is 36.8 Å². The summed E-state index contributed by atoms with van der Waals surface area (Å²) >= 11 is 1.22. The summed E-state index contributed by atoms with van der Waals surface area (Å²) in [5, 5.41) is 20.5. The van der Waals surface area contributed by atoms with Gasteiger partial charge in [-0.25, -0.2) is 4.39 Å². The number of para-hydroxylation sites is 1. The Morgan fingerprint density at radius 3 is 2.52 bits per heavy atom. The molecule has 0 bridgehead atoms. The zero-order valence-corrected chi connectivity index (χ0v) is 18.6. The van der Waals surface area contributed by atoms with Crippen LogP contribution in [0.4, 0.5) is 10.1 Å². The van der Waals surface area contributed by atoms with E-state index in [1.54, 1.807) is 49.4 Å². The van der Waals surface area contributed by atoms with Gasteiger partial charge in [0.15, 0.2) is 11.0 Å². The van der Waals surface area contributed by atoms with Crippen molar-refractivity contribution < 1.29 is 9.18 Å². The van der Waals surface area contributed by atoms with Crippen LogP contribution in [0.5, 0.6) is 0 Å². The van der Waals surface area contributed by atoms with Crippen molar-refractivity contribution in [2.24, 2.45) is 0 Å². The van der Waals surface area contributed by atoms with Gasteiger partial charge >= 0.3 is 0 Å². The van der Waals surface area contributed by atoms with E-state index in [0.29, 0.717) is 34.3 Å². The van der Waals surface area contributed by atoms with E-state index in [1.807, 2.05) is 34.9 Å². The van der Waals surface area contributed by atoms with Gasteiger partial charge in [0.25, 0.3) is 0 Å². The number of rotatable bonds is 7. The molecule has 0 saturated heterocycles. The lowest BCUT2D eigenvalue weighted by atomic mass is 10.2. The molecule has 4 rings (SSSR count). The molecule has 1 atom stereocenters. The molecule has 0 aliphatic rings. The Labute approximate surface area is 195 Å². The molecule has 1 N–H and O–H groups in total. The van der Waals surface area contributed by atoms with Gasteiger partial charge < -0.3 is 5.32 Å². The minimum Gasteiger partial charge on any atom is -0.324 e. The Morgan fingerprint density at radius 2 is 1.76 bits per heavy atom.